The van der Waals surface area contributed by atoms with E-state index in [1.54, 1.807) is 0 Å². The number of benzene rings is 2. The number of hydrogen-bond donors (Lipinski definition) is 0. The topological polar surface area (TPSA) is 0 Å². The lowest BCUT2D eigenvalue weighted by Gasteiger charge is -1.99. The van der Waals surface area contributed by atoms with Crippen LogP contribution < -0.4 is 0 Å². The third kappa shape index (κ3) is 1.27. The predicted molar refractivity (Wildman–Crippen MR) is 68.8 cm³/mol. The van der Waals surface area contributed by atoms with Gasteiger partial charge in [0.15, 0.2) is 0 Å². The van der Waals surface area contributed by atoms with Gasteiger partial charge in [-0.15, -0.1) is 11.3 Å². The molecule has 0 N–H and O–H groups in total. The highest BCUT2D eigenvalue weighted by molar-refractivity contribution is 7.25. The number of aryl methyl sites for hydroxylation is 2. The molecule has 3 aromatic rings. The fourth-order valence-electron chi connectivity index (χ4n) is 1.98. The third-order valence-electron chi connectivity index (χ3n) is 2.99. The minimum atomic E-state index is 1.38. The van der Waals surface area contributed by atoms with E-state index in [0.29, 0.717) is 0 Å². The maximum Gasteiger partial charge on any atom is 0.0358 e. The van der Waals surface area contributed by atoms with Gasteiger partial charge in [0, 0.05) is 20.2 Å². The van der Waals surface area contributed by atoms with Crippen LogP contribution in [0.1, 0.15) is 11.1 Å². The summed E-state index contributed by atoms with van der Waals surface area (Å²) >= 11 is 1.88. The molecular formula is C14H12S. The lowest BCUT2D eigenvalue weighted by atomic mass is 10.1. The van der Waals surface area contributed by atoms with Crippen molar-refractivity contribution in [2.75, 3.05) is 0 Å². The Balaban J connectivity index is 2.56. The van der Waals surface area contributed by atoms with Crippen molar-refractivity contribution in [3.63, 3.8) is 0 Å². The first-order valence-electron chi connectivity index (χ1n) is 5.14. The normalized spacial score (nSPS) is 11.3. The maximum atomic E-state index is 2.31. The second-order valence-electron chi connectivity index (χ2n) is 4.03. The summed E-state index contributed by atoms with van der Waals surface area (Å²) < 4.78 is 2.79. The quantitative estimate of drug-likeness (QED) is 0.508. The van der Waals surface area contributed by atoms with Crippen molar-refractivity contribution >= 4 is 31.5 Å². The van der Waals surface area contributed by atoms with E-state index >= 15 is 0 Å². The Morgan fingerprint density at radius 1 is 0.800 bits per heavy atom. The molecule has 3 rings (SSSR count). The Labute approximate surface area is 93.2 Å². The first-order chi connectivity index (χ1) is 7.25. The summed E-state index contributed by atoms with van der Waals surface area (Å²) in [6, 6.07) is 13.2. The molecule has 0 spiro atoms. The summed E-state index contributed by atoms with van der Waals surface area (Å²) in [6.07, 6.45) is 0. The van der Waals surface area contributed by atoms with Crippen molar-refractivity contribution in [3.8, 4) is 0 Å². The van der Waals surface area contributed by atoms with Gasteiger partial charge in [0.2, 0.25) is 0 Å². The molecule has 1 aromatic heterocycles. The molecule has 74 valence electrons. The van der Waals surface area contributed by atoms with E-state index in [4.69, 9.17) is 0 Å². The Morgan fingerprint density at radius 3 is 2.40 bits per heavy atom. The standard InChI is InChI=1S/C14H12S/c1-9-7-12-11-5-3-4-6-13(11)15-14(12)8-10(9)2/h3-8H,1-2H3. The summed E-state index contributed by atoms with van der Waals surface area (Å²) in [5.74, 6) is 0. The Hall–Kier alpha value is -1.34. The highest BCUT2D eigenvalue weighted by atomic mass is 32.1. The molecular weight excluding hydrogens is 200 g/mol. The molecule has 15 heavy (non-hydrogen) atoms. The van der Waals surface area contributed by atoms with Crippen LogP contribution in [-0.4, -0.2) is 0 Å². The predicted octanol–water partition coefficient (Wildman–Crippen LogP) is 4.67. The van der Waals surface area contributed by atoms with E-state index in [9.17, 15) is 0 Å². The van der Waals surface area contributed by atoms with Crippen molar-refractivity contribution in [2.45, 2.75) is 13.8 Å². The highest BCUT2D eigenvalue weighted by Gasteiger charge is 2.05. The molecule has 2 aromatic carbocycles. The molecule has 0 saturated heterocycles. The molecule has 0 aliphatic rings. The van der Waals surface area contributed by atoms with Crippen molar-refractivity contribution in [1.29, 1.82) is 0 Å². The van der Waals surface area contributed by atoms with Crippen LogP contribution in [0, 0.1) is 13.8 Å². The molecule has 0 amide bonds. The van der Waals surface area contributed by atoms with E-state index in [1.807, 2.05) is 11.3 Å². The van der Waals surface area contributed by atoms with Crippen molar-refractivity contribution in [1.82, 2.24) is 0 Å². The van der Waals surface area contributed by atoms with Gasteiger partial charge >= 0.3 is 0 Å². The fourth-order valence-corrected chi connectivity index (χ4v) is 3.17. The van der Waals surface area contributed by atoms with Crippen LogP contribution >= 0.6 is 11.3 Å². The van der Waals surface area contributed by atoms with Crippen LogP contribution in [0.3, 0.4) is 0 Å². The van der Waals surface area contributed by atoms with Gasteiger partial charge in [0.05, 0.1) is 0 Å². The van der Waals surface area contributed by atoms with E-state index in [-0.39, 0.29) is 0 Å². The third-order valence-corrected chi connectivity index (χ3v) is 4.13. The van der Waals surface area contributed by atoms with Crippen LogP contribution in [0.5, 0.6) is 0 Å². The minimum absolute atomic E-state index is 1.38. The Kier molecular flexibility index (Phi) is 1.83. The molecule has 0 aliphatic carbocycles. The zero-order valence-electron chi connectivity index (χ0n) is 8.87. The van der Waals surface area contributed by atoms with Gasteiger partial charge in [0.25, 0.3) is 0 Å². The average molecular weight is 212 g/mol. The number of hydrogen-bond acceptors (Lipinski definition) is 1. The van der Waals surface area contributed by atoms with E-state index < -0.39 is 0 Å². The summed E-state index contributed by atoms with van der Waals surface area (Å²) in [4.78, 5) is 0. The zero-order valence-corrected chi connectivity index (χ0v) is 9.69. The maximum absolute atomic E-state index is 2.31. The van der Waals surface area contributed by atoms with Crippen molar-refractivity contribution < 1.29 is 0 Å². The molecule has 1 heteroatoms. The highest BCUT2D eigenvalue weighted by Crippen LogP contribution is 2.34. The van der Waals surface area contributed by atoms with Crippen LogP contribution in [0.25, 0.3) is 20.2 Å². The molecule has 0 atom stereocenters. The van der Waals surface area contributed by atoms with Gasteiger partial charge in [-0.2, -0.15) is 0 Å². The molecule has 0 bridgehead atoms. The van der Waals surface area contributed by atoms with Gasteiger partial charge in [-0.25, -0.2) is 0 Å². The summed E-state index contributed by atoms with van der Waals surface area (Å²) in [5.41, 5.74) is 2.76. The fraction of sp³-hybridized carbons (Fsp3) is 0.143. The Morgan fingerprint density at radius 2 is 1.53 bits per heavy atom. The van der Waals surface area contributed by atoms with Crippen molar-refractivity contribution in [3.05, 3.63) is 47.5 Å². The van der Waals surface area contributed by atoms with Gasteiger partial charge in [-0.1, -0.05) is 18.2 Å². The summed E-state index contributed by atoms with van der Waals surface area (Å²) in [7, 11) is 0. The van der Waals surface area contributed by atoms with Gasteiger partial charge in [0.1, 0.15) is 0 Å². The van der Waals surface area contributed by atoms with E-state index in [2.05, 4.69) is 50.2 Å². The van der Waals surface area contributed by atoms with Crippen molar-refractivity contribution in [2.24, 2.45) is 0 Å². The Bertz CT molecular complexity index is 647. The van der Waals surface area contributed by atoms with E-state index in [1.165, 1.54) is 31.3 Å². The monoisotopic (exact) mass is 212 g/mol. The van der Waals surface area contributed by atoms with Gasteiger partial charge in [-0.05, 0) is 43.2 Å². The second kappa shape index (κ2) is 3.07. The van der Waals surface area contributed by atoms with Crippen LogP contribution in [0.15, 0.2) is 36.4 Å². The number of fused-ring (bicyclic) bond motifs is 3. The molecule has 0 aliphatic heterocycles. The van der Waals surface area contributed by atoms with Crippen LogP contribution in [0.2, 0.25) is 0 Å². The smallest absolute Gasteiger partial charge is 0.0358 e. The van der Waals surface area contributed by atoms with Crippen LogP contribution in [0.4, 0.5) is 0 Å². The van der Waals surface area contributed by atoms with Gasteiger partial charge in [-0.3, -0.25) is 0 Å². The first kappa shape index (κ1) is 8.93. The summed E-state index contributed by atoms with van der Waals surface area (Å²) in [6.45, 7) is 4.36. The lowest BCUT2D eigenvalue weighted by Crippen LogP contribution is -1.78. The SMILES string of the molecule is Cc1cc2sc3ccccc3c2cc1C. The second-order valence-corrected chi connectivity index (χ2v) is 5.11. The average Bonchev–Trinajstić information content (AvgIpc) is 2.57. The molecule has 0 unspecified atom stereocenters. The first-order valence-corrected chi connectivity index (χ1v) is 5.96. The van der Waals surface area contributed by atoms with Gasteiger partial charge < -0.3 is 0 Å². The molecule has 0 nitrogen and oxygen atoms in total. The molecule has 0 saturated carbocycles. The lowest BCUT2D eigenvalue weighted by molar-refractivity contribution is 1.37. The zero-order chi connectivity index (χ0) is 10.4. The number of thiophene rings is 1. The minimum Gasteiger partial charge on any atom is -0.135 e. The molecule has 0 fully saturated rings. The van der Waals surface area contributed by atoms with E-state index in [0.717, 1.165) is 0 Å². The molecule has 1 heterocycles. The summed E-state index contributed by atoms with van der Waals surface area (Å²) in [5, 5.41) is 2.79. The largest absolute Gasteiger partial charge is 0.135 e. The molecule has 0 radical (unpaired) electrons. The number of rotatable bonds is 0. The van der Waals surface area contributed by atoms with Crippen LogP contribution in [-0.2, 0) is 0 Å².